The molecule has 0 spiro atoms. The van der Waals surface area contributed by atoms with E-state index in [0.29, 0.717) is 19.2 Å². The van der Waals surface area contributed by atoms with Crippen molar-refractivity contribution in [1.82, 2.24) is 4.90 Å². The van der Waals surface area contributed by atoms with Crippen LogP contribution in [0.3, 0.4) is 0 Å². The van der Waals surface area contributed by atoms with Gasteiger partial charge in [0, 0.05) is 11.0 Å². The topological polar surface area (TPSA) is 38.8 Å². The molecule has 1 aliphatic carbocycles. The lowest BCUT2D eigenvalue weighted by atomic mass is 9.95. The smallest absolute Gasteiger partial charge is 0.410 e. The molecule has 0 heterocycles. The SMILES string of the molecule is CCN(CC(C)(CI)OC1CCC1)C(=O)OC(C)(C)C. The summed E-state index contributed by atoms with van der Waals surface area (Å²) in [6.07, 6.45) is 3.65. The minimum absolute atomic E-state index is 0.256. The summed E-state index contributed by atoms with van der Waals surface area (Å²) < 4.78 is 12.5. The molecule has 0 saturated heterocycles. The van der Waals surface area contributed by atoms with Crippen molar-refractivity contribution in [3.63, 3.8) is 0 Å². The van der Waals surface area contributed by atoms with Gasteiger partial charge in [-0.25, -0.2) is 4.79 Å². The molecule has 0 aliphatic heterocycles. The van der Waals surface area contributed by atoms with E-state index in [1.165, 1.54) is 6.42 Å². The molecular weight excluding hydrogens is 369 g/mol. The zero-order chi connectivity index (χ0) is 15.4. The Bertz CT molecular complexity index is 326. The fourth-order valence-corrected chi connectivity index (χ4v) is 2.46. The van der Waals surface area contributed by atoms with E-state index in [2.05, 4.69) is 29.5 Å². The molecular formula is C15H28INO3. The Balaban J connectivity index is 2.61. The van der Waals surface area contributed by atoms with Gasteiger partial charge < -0.3 is 14.4 Å². The van der Waals surface area contributed by atoms with Crippen molar-refractivity contribution in [2.24, 2.45) is 0 Å². The van der Waals surface area contributed by atoms with Gasteiger partial charge >= 0.3 is 6.09 Å². The molecule has 1 amide bonds. The van der Waals surface area contributed by atoms with Crippen LogP contribution in [0.4, 0.5) is 4.79 Å². The molecule has 0 aromatic heterocycles. The van der Waals surface area contributed by atoms with E-state index >= 15 is 0 Å². The highest BCUT2D eigenvalue weighted by atomic mass is 127. The Morgan fingerprint density at radius 3 is 2.25 bits per heavy atom. The van der Waals surface area contributed by atoms with Crippen molar-refractivity contribution in [1.29, 1.82) is 0 Å². The highest BCUT2D eigenvalue weighted by molar-refractivity contribution is 14.1. The van der Waals surface area contributed by atoms with Crippen LogP contribution in [0.1, 0.15) is 53.9 Å². The van der Waals surface area contributed by atoms with Crippen molar-refractivity contribution < 1.29 is 14.3 Å². The largest absolute Gasteiger partial charge is 0.444 e. The Kier molecular flexibility index (Phi) is 6.57. The van der Waals surface area contributed by atoms with Gasteiger partial charge in [-0.05, 0) is 53.9 Å². The second-order valence-corrected chi connectivity index (χ2v) is 7.51. The predicted octanol–water partition coefficient (Wildman–Crippen LogP) is 4.01. The summed E-state index contributed by atoms with van der Waals surface area (Å²) in [6, 6.07) is 0. The van der Waals surface area contributed by atoms with Crippen molar-refractivity contribution in [2.75, 3.05) is 17.5 Å². The van der Waals surface area contributed by atoms with Crippen molar-refractivity contribution in [3.8, 4) is 0 Å². The van der Waals surface area contributed by atoms with Crippen LogP contribution in [-0.4, -0.2) is 45.8 Å². The lowest BCUT2D eigenvalue weighted by Crippen LogP contribution is -2.50. The summed E-state index contributed by atoms with van der Waals surface area (Å²) in [7, 11) is 0. The normalized spacial score (nSPS) is 19.1. The molecule has 0 bridgehead atoms. The van der Waals surface area contributed by atoms with Crippen molar-refractivity contribution in [3.05, 3.63) is 0 Å². The van der Waals surface area contributed by atoms with E-state index in [-0.39, 0.29) is 11.7 Å². The summed E-state index contributed by atoms with van der Waals surface area (Å²) in [5.74, 6) is 0. The highest BCUT2D eigenvalue weighted by Crippen LogP contribution is 2.29. The van der Waals surface area contributed by atoms with Gasteiger partial charge in [-0.3, -0.25) is 0 Å². The number of rotatable bonds is 6. The Hall–Kier alpha value is -0.0400. The Morgan fingerprint density at radius 1 is 1.30 bits per heavy atom. The number of amides is 1. The van der Waals surface area contributed by atoms with Crippen LogP contribution in [-0.2, 0) is 9.47 Å². The van der Waals surface area contributed by atoms with Crippen LogP contribution in [0, 0.1) is 0 Å². The third kappa shape index (κ3) is 5.76. The summed E-state index contributed by atoms with van der Waals surface area (Å²) in [5, 5.41) is 0. The molecule has 1 aliphatic rings. The molecule has 1 saturated carbocycles. The molecule has 0 N–H and O–H groups in total. The van der Waals surface area contributed by atoms with Gasteiger partial charge in [0.25, 0.3) is 0 Å². The van der Waals surface area contributed by atoms with E-state index in [4.69, 9.17) is 9.47 Å². The molecule has 1 rings (SSSR count). The standard InChI is InChI=1S/C15H28INO3/c1-6-17(13(18)20-14(2,3)4)11-15(5,10-16)19-12-8-7-9-12/h12H,6-11H2,1-5H3. The third-order valence-electron chi connectivity index (χ3n) is 3.34. The molecule has 20 heavy (non-hydrogen) atoms. The van der Waals surface area contributed by atoms with E-state index in [1.807, 2.05) is 27.7 Å². The molecule has 4 nitrogen and oxygen atoms in total. The molecule has 5 heteroatoms. The van der Waals surface area contributed by atoms with Crippen LogP contribution < -0.4 is 0 Å². The number of nitrogens with zero attached hydrogens (tertiary/aromatic N) is 1. The lowest BCUT2D eigenvalue weighted by molar-refractivity contribution is -0.109. The summed E-state index contributed by atoms with van der Waals surface area (Å²) in [5.41, 5.74) is -0.751. The Labute approximate surface area is 136 Å². The van der Waals surface area contributed by atoms with Crippen LogP contribution in [0.5, 0.6) is 0 Å². The van der Waals surface area contributed by atoms with E-state index in [9.17, 15) is 4.79 Å². The first-order valence-corrected chi connectivity index (χ1v) is 8.93. The lowest BCUT2D eigenvalue weighted by Gasteiger charge is -2.39. The average Bonchev–Trinajstić information content (AvgIpc) is 2.29. The first-order chi connectivity index (χ1) is 9.19. The highest BCUT2D eigenvalue weighted by Gasteiger charge is 2.34. The number of hydrogen-bond acceptors (Lipinski definition) is 3. The molecule has 1 unspecified atom stereocenters. The van der Waals surface area contributed by atoms with Gasteiger partial charge in [0.1, 0.15) is 5.60 Å². The maximum Gasteiger partial charge on any atom is 0.410 e. The maximum atomic E-state index is 12.2. The average molecular weight is 397 g/mol. The molecule has 1 fully saturated rings. The van der Waals surface area contributed by atoms with Crippen LogP contribution in [0.25, 0.3) is 0 Å². The quantitative estimate of drug-likeness (QED) is 0.502. The van der Waals surface area contributed by atoms with Crippen LogP contribution in [0.15, 0.2) is 0 Å². The molecule has 118 valence electrons. The summed E-state index contributed by atoms with van der Waals surface area (Å²) in [4.78, 5) is 13.9. The van der Waals surface area contributed by atoms with Gasteiger partial charge in [0.05, 0.1) is 18.2 Å². The number of hydrogen-bond donors (Lipinski definition) is 0. The fraction of sp³-hybridized carbons (Fsp3) is 0.933. The van der Waals surface area contributed by atoms with Crippen LogP contribution >= 0.6 is 22.6 Å². The fourth-order valence-electron chi connectivity index (χ4n) is 2.04. The summed E-state index contributed by atoms with van der Waals surface area (Å²) in [6.45, 7) is 10.9. The van der Waals surface area contributed by atoms with Gasteiger partial charge in [-0.2, -0.15) is 0 Å². The molecule has 0 radical (unpaired) electrons. The first kappa shape index (κ1) is 18.0. The zero-order valence-electron chi connectivity index (χ0n) is 13.4. The van der Waals surface area contributed by atoms with E-state index < -0.39 is 5.60 Å². The van der Waals surface area contributed by atoms with E-state index in [0.717, 1.165) is 17.3 Å². The van der Waals surface area contributed by atoms with Gasteiger partial charge in [-0.1, -0.05) is 22.6 Å². The monoisotopic (exact) mass is 397 g/mol. The van der Waals surface area contributed by atoms with Gasteiger partial charge in [0.15, 0.2) is 0 Å². The summed E-state index contributed by atoms with van der Waals surface area (Å²) >= 11 is 2.34. The second-order valence-electron chi connectivity index (χ2n) is 6.75. The van der Waals surface area contributed by atoms with Gasteiger partial charge in [-0.15, -0.1) is 0 Å². The van der Waals surface area contributed by atoms with Crippen molar-refractivity contribution in [2.45, 2.75) is 71.2 Å². The zero-order valence-corrected chi connectivity index (χ0v) is 15.5. The van der Waals surface area contributed by atoms with Crippen molar-refractivity contribution >= 4 is 28.7 Å². The molecule has 0 aromatic carbocycles. The number of likely N-dealkylation sites (N-methyl/N-ethyl adjacent to an activating group) is 1. The minimum atomic E-state index is -0.458. The number of carbonyl (C=O) groups is 1. The minimum Gasteiger partial charge on any atom is -0.444 e. The van der Waals surface area contributed by atoms with Gasteiger partial charge in [0.2, 0.25) is 0 Å². The predicted molar refractivity (Wildman–Crippen MR) is 89.5 cm³/mol. The molecule has 1 atom stereocenters. The van der Waals surface area contributed by atoms with Crippen LogP contribution in [0.2, 0.25) is 0 Å². The number of halogens is 1. The number of carbonyl (C=O) groups excluding carboxylic acids is 1. The third-order valence-corrected chi connectivity index (χ3v) is 4.96. The number of alkyl halides is 1. The maximum absolute atomic E-state index is 12.2. The number of ether oxygens (including phenoxy) is 2. The Morgan fingerprint density at radius 2 is 1.90 bits per heavy atom. The van der Waals surface area contributed by atoms with E-state index in [1.54, 1.807) is 4.90 Å². The second kappa shape index (κ2) is 7.29. The molecule has 0 aromatic rings. The first-order valence-electron chi connectivity index (χ1n) is 7.41.